The molecule has 0 spiro atoms. The fourth-order valence-corrected chi connectivity index (χ4v) is 3.19. The highest BCUT2D eigenvalue weighted by molar-refractivity contribution is 7.99. The minimum Gasteiger partial charge on any atom is -0.293 e. The van der Waals surface area contributed by atoms with E-state index in [4.69, 9.17) is 0 Å². The Morgan fingerprint density at radius 3 is 2.68 bits per heavy atom. The summed E-state index contributed by atoms with van der Waals surface area (Å²) in [6.07, 6.45) is 1.91. The van der Waals surface area contributed by atoms with Crippen LogP contribution in [0, 0.1) is 20.8 Å². The summed E-state index contributed by atoms with van der Waals surface area (Å²) >= 11 is 1.42. The van der Waals surface area contributed by atoms with Gasteiger partial charge < -0.3 is 0 Å². The molecule has 0 aliphatic heterocycles. The van der Waals surface area contributed by atoms with Gasteiger partial charge in [-0.3, -0.25) is 9.20 Å². The van der Waals surface area contributed by atoms with Crippen LogP contribution in [0.3, 0.4) is 0 Å². The molecule has 0 atom stereocenters. The van der Waals surface area contributed by atoms with E-state index in [2.05, 4.69) is 23.2 Å². The predicted octanol–water partition coefficient (Wildman–Crippen LogP) is 3.63. The Balaban J connectivity index is 1.79. The highest BCUT2D eigenvalue weighted by atomic mass is 32.2. The van der Waals surface area contributed by atoms with E-state index >= 15 is 0 Å². The number of carbonyl (C=O) groups is 1. The number of hydrogen-bond donors (Lipinski definition) is 0. The predicted molar refractivity (Wildman–Crippen MR) is 88.7 cm³/mol. The Bertz CT molecular complexity index is 854. The summed E-state index contributed by atoms with van der Waals surface area (Å²) < 4.78 is 1.89. The van der Waals surface area contributed by atoms with Gasteiger partial charge in [0.05, 0.1) is 5.75 Å². The van der Waals surface area contributed by atoms with E-state index in [-0.39, 0.29) is 5.78 Å². The summed E-state index contributed by atoms with van der Waals surface area (Å²) in [5.41, 5.74) is 4.97. The Morgan fingerprint density at radius 1 is 1.09 bits per heavy atom. The number of hydrogen-bond acceptors (Lipinski definition) is 4. The normalized spacial score (nSPS) is 11.0. The number of aryl methyl sites for hydroxylation is 3. The van der Waals surface area contributed by atoms with Crippen molar-refractivity contribution >= 4 is 23.2 Å². The molecule has 0 aliphatic carbocycles. The number of aromatic nitrogens is 3. The molecular weight excluding hydrogens is 294 g/mol. The van der Waals surface area contributed by atoms with Gasteiger partial charge in [-0.15, -0.1) is 10.2 Å². The first-order chi connectivity index (χ1) is 10.6. The summed E-state index contributed by atoms with van der Waals surface area (Å²) in [5, 5.41) is 8.97. The summed E-state index contributed by atoms with van der Waals surface area (Å²) in [5.74, 6) is 0.484. The molecule has 1 aromatic carbocycles. The molecule has 0 N–H and O–H groups in total. The van der Waals surface area contributed by atoms with Crippen molar-refractivity contribution in [2.45, 2.75) is 25.9 Å². The van der Waals surface area contributed by atoms with Gasteiger partial charge in [0.15, 0.2) is 16.6 Å². The monoisotopic (exact) mass is 311 g/mol. The minimum absolute atomic E-state index is 0.123. The van der Waals surface area contributed by atoms with Crippen LogP contribution in [0.4, 0.5) is 0 Å². The molecule has 112 valence electrons. The third kappa shape index (κ3) is 2.76. The van der Waals surface area contributed by atoms with Crippen LogP contribution < -0.4 is 0 Å². The topological polar surface area (TPSA) is 47.3 Å². The molecule has 4 nitrogen and oxygen atoms in total. The average Bonchev–Trinajstić information content (AvgIpc) is 2.92. The quantitative estimate of drug-likeness (QED) is 0.545. The molecule has 0 unspecified atom stereocenters. The lowest BCUT2D eigenvalue weighted by Crippen LogP contribution is -2.06. The maximum absolute atomic E-state index is 12.5. The van der Waals surface area contributed by atoms with Gasteiger partial charge in [-0.25, -0.2) is 0 Å². The Kier molecular flexibility index (Phi) is 3.98. The number of fused-ring (bicyclic) bond motifs is 1. The van der Waals surface area contributed by atoms with Gasteiger partial charge in [-0.05, 0) is 55.7 Å². The molecule has 0 fully saturated rings. The second-order valence-electron chi connectivity index (χ2n) is 5.37. The van der Waals surface area contributed by atoms with Crippen LogP contribution in [-0.2, 0) is 0 Å². The van der Waals surface area contributed by atoms with Crippen molar-refractivity contribution in [3.8, 4) is 0 Å². The molecule has 3 aromatic rings. The first kappa shape index (κ1) is 14.8. The molecule has 0 saturated heterocycles. The van der Waals surface area contributed by atoms with E-state index in [1.807, 2.05) is 48.7 Å². The van der Waals surface area contributed by atoms with Gasteiger partial charge >= 0.3 is 0 Å². The van der Waals surface area contributed by atoms with Crippen LogP contribution in [-0.4, -0.2) is 26.1 Å². The van der Waals surface area contributed by atoms with Crippen LogP contribution in [0.5, 0.6) is 0 Å². The van der Waals surface area contributed by atoms with E-state index < -0.39 is 0 Å². The summed E-state index contributed by atoms with van der Waals surface area (Å²) in [6, 6.07) is 9.79. The number of ketones is 1. The van der Waals surface area contributed by atoms with Crippen molar-refractivity contribution in [3.63, 3.8) is 0 Å². The van der Waals surface area contributed by atoms with Crippen LogP contribution in [0.15, 0.2) is 41.7 Å². The maximum atomic E-state index is 12.5. The Morgan fingerprint density at radius 2 is 1.86 bits per heavy atom. The molecule has 0 amide bonds. The zero-order valence-corrected chi connectivity index (χ0v) is 13.6. The lowest BCUT2D eigenvalue weighted by molar-refractivity contribution is 0.102. The van der Waals surface area contributed by atoms with E-state index in [1.165, 1.54) is 17.3 Å². The second kappa shape index (κ2) is 5.93. The molecule has 3 rings (SSSR count). The highest BCUT2D eigenvalue weighted by Crippen LogP contribution is 2.21. The molecule has 2 aromatic heterocycles. The van der Waals surface area contributed by atoms with Crippen LogP contribution in [0.2, 0.25) is 0 Å². The van der Waals surface area contributed by atoms with Crippen molar-refractivity contribution in [1.29, 1.82) is 0 Å². The van der Waals surface area contributed by atoms with Crippen LogP contribution in [0.1, 0.15) is 27.0 Å². The van der Waals surface area contributed by atoms with Gasteiger partial charge in [0.25, 0.3) is 0 Å². The number of carbonyl (C=O) groups excluding carboxylic acids is 1. The second-order valence-corrected chi connectivity index (χ2v) is 6.32. The van der Waals surface area contributed by atoms with Crippen molar-refractivity contribution in [2.24, 2.45) is 0 Å². The van der Waals surface area contributed by atoms with Crippen molar-refractivity contribution in [2.75, 3.05) is 5.75 Å². The van der Waals surface area contributed by atoms with E-state index in [0.717, 1.165) is 27.5 Å². The van der Waals surface area contributed by atoms with Gasteiger partial charge in [0.2, 0.25) is 0 Å². The molecule has 5 heteroatoms. The zero-order valence-electron chi connectivity index (χ0n) is 12.8. The molecule has 0 aliphatic rings. The summed E-state index contributed by atoms with van der Waals surface area (Å²) in [6.45, 7) is 6.08. The van der Waals surface area contributed by atoms with Gasteiger partial charge in [0, 0.05) is 11.8 Å². The summed E-state index contributed by atoms with van der Waals surface area (Å²) in [7, 11) is 0. The standard InChI is InChI=1S/C17H17N3OS/c1-11-8-13(3)14(9-12(11)2)15(21)10-22-17-19-18-16-6-4-5-7-20(16)17/h4-9H,10H2,1-3H3. The van der Waals surface area contributed by atoms with Crippen LogP contribution in [0.25, 0.3) is 5.65 Å². The Labute approximate surface area is 133 Å². The smallest absolute Gasteiger partial charge is 0.196 e. The lowest BCUT2D eigenvalue weighted by Gasteiger charge is -2.08. The molecular formula is C17H17N3OS. The average molecular weight is 311 g/mol. The largest absolute Gasteiger partial charge is 0.293 e. The van der Waals surface area contributed by atoms with Crippen LogP contribution >= 0.6 is 11.8 Å². The van der Waals surface area contributed by atoms with E-state index in [9.17, 15) is 4.79 Å². The van der Waals surface area contributed by atoms with Crippen molar-refractivity contribution in [3.05, 3.63) is 58.8 Å². The number of rotatable bonds is 4. The third-order valence-electron chi connectivity index (χ3n) is 3.76. The molecule has 0 radical (unpaired) electrons. The zero-order chi connectivity index (χ0) is 15.7. The fraction of sp³-hybridized carbons (Fsp3) is 0.235. The number of thioether (sulfide) groups is 1. The van der Waals surface area contributed by atoms with Crippen molar-refractivity contribution in [1.82, 2.24) is 14.6 Å². The first-order valence-corrected chi connectivity index (χ1v) is 8.08. The molecule has 0 saturated carbocycles. The number of pyridine rings is 1. The number of Topliss-reactive ketones (excluding diaryl/α,β-unsaturated/α-hetero) is 1. The van der Waals surface area contributed by atoms with E-state index in [0.29, 0.717) is 5.75 Å². The molecule has 0 bridgehead atoms. The number of nitrogens with zero attached hydrogens (tertiary/aromatic N) is 3. The van der Waals surface area contributed by atoms with E-state index in [1.54, 1.807) is 0 Å². The van der Waals surface area contributed by atoms with Gasteiger partial charge in [-0.2, -0.15) is 0 Å². The number of benzene rings is 1. The fourth-order valence-electron chi connectivity index (χ4n) is 2.39. The lowest BCUT2D eigenvalue weighted by atomic mass is 9.99. The van der Waals surface area contributed by atoms with Gasteiger partial charge in [0.1, 0.15) is 0 Å². The third-order valence-corrected chi connectivity index (χ3v) is 4.70. The summed E-state index contributed by atoms with van der Waals surface area (Å²) in [4.78, 5) is 12.5. The molecule has 22 heavy (non-hydrogen) atoms. The maximum Gasteiger partial charge on any atom is 0.196 e. The Hall–Kier alpha value is -2.14. The highest BCUT2D eigenvalue weighted by Gasteiger charge is 2.13. The first-order valence-electron chi connectivity index (χ1n) is 7.10. The SMILES string of the molecule is Cc1cc(C)c(C(=O)CSc2nnc3ccccn23)cc1C. The minimum atomic E-state index is 0.123. The van der Waals surface area contributed by atoms with Gasteiger partial charge in [-0.1, -0.05) is 23.9 Å². The molecule has 2 heterocycles. The van der Waals surface area contributed by atoms with Crippen molar-refractivity contribution < 1.29 is 4.79 Å².